The number of nitrogens with zero attached hydrogens (tertiary/aromatic N) is 1. The smallest absolute Gasteiger partial charge is 0.250 e. The summed E-state index contributed by atoms with van der Waals surface area (Å²) in [5.41, 5.74) is 3.86. The minimum absolute atomic E-state index is 0.356. The molecule has 0 aromatic carbocycles. The van der Waals surface area contributed by atoms with Crippen LogP contribution < -0.4 is 0 Å². The van der Waals surface area contributed by atoms with E-state index in [0.29, 0.717) is 11.8 Å². The Labute approximate surface area is 112 Å². The lowest BCUT2D eigenvalue weighted by Gasteiger charge is -2.23. The summed E-state index contributed by atoms with van der Waals surface area (Å²) in [5.74, 6) is 0.887. The van der Waals surface area contributed by atoms with Crippen molar-refractivity contribution in [1.82, 2.24) is 4.98 Å². The van der Waals surface area contributed by atoms with Crippen LogP contribution in [0.1, 0.15) is 30.5 Å². The zero-order chi connectivity index (χ0) is 12.9. The van der Waals surface area contributed by atoms with Gasteiger partial charge in [0, 0.05) is 24.7 Å². The minimum atomic E-state index is -0.356. The number of allylic oxidation sites excluding steroid dienone is 2. The number of rotatable bonds is 1. The van der Waals surface area contributed by atoms with Crippen LogP contribution in [0.25, 0.3) is 5.57 Å². The van der Waals surface area contributed by atoms with Gasteiger partial charge in [-0.1, -0.05) is 6.08 Å². The predicted molar refractivity (Wildman–Crippen MR) is 71.8 cm³/mol. The molecule has 2 aliphatic carbocycles. The fraction of sp³-hybridized carbons (Fsp3) is 0.438. The van der Waals surface area contributed by atoms with Gasteiger partial charge in [-0.2, -0.15) is 0 Å². The molecule has 0 radical (unpaired) electrons. The molecule has 1 aromatic rings. The average molecular weight is 255 g/mol. The number of ether oxygens (including phenoxy) is 2. The van der Waals surface area contributed by atoms with Crippen LogP contribution in [-0.4, -0.2) is 10.8 Å². The van der Waals surface area contributed by atoms with E-state index < -0.39 is 0 Å². The second-order valence-electron chi connectivity index (χ2n) is 5.83. The SMILES string of the molecule is Cc1cc(C2=C[C@H]3CC4(C[C@H]3C2)OC=CO4)ccn1. The van der Waals surface area contributed by atoms with Gasteiger partial charge in [-0.05, 0) is 48.4 Å². The van der Waals surface area contributed by atoms with Crippen LogP contribution in [0.15, 0.2) is 36.9 Å². The second-order valence-corrected chi connectivity index (χ2v) is 5.83. The van der Waals surface area contributed by atoms with Gasteiger partial charge in [-0.3, -0.25) is 4.98 Å². The number of fused-ring (bicyclic) bond motifs is 1. The van der Waals surface area contributed by atoms with E-state index in [0.717, 1.165) is 25.0 Å². The summed E-state index contributed by atoms with van der Waals surface area (Å²) >= 11 is 0. The summed E-state index contributed by atoms with van der Waals surface area (Å²) in [6, 6.07) is 4.28. The molecule has 0 bridgehead atoms. The van der Waals surface area contributed by atoms with E-state index in [-0.39, 0.29) is 5.79 Å². The topological polar surface area (TPSA) is 31.4 Å². The zero-order valence-corrected chi connectivity index (χ0v) is 11.0. The summed E-state index contributed by atoms with van der Waals surface area (Å²) in [6.45, 7) is 2.04. The standard InChI is InChI=1S/C16H17NO2/c1-11-6-12(2-3-17-11)13-7-14-9-16(10-15(14)8-13)18-4-5-19-16/h2-7,14-15H,8-10H2,1H3/t14-,15+/m0/s1. The molecule has 98 valence electrons. The molecular formula is C16H17NO2. The molecule has 0 unspecified atom stereocenters. The van der Waals surface area contributed by atoms with Crippen LogP contribution in [0.2, 0.25) is 0 Å². The molecule has 2 atom stereocenters. The average Bonchev–Trinajstić information content (AvgIpc) is 3.05. The first-order valence-corrected chi connectivity index (χ1v) is 6.88. The zero-order valence-electron chi connectivity index (χ0n) is 11.0. The molecule has 1 fully saturated rings. The third kappa shape index (κ3) is 1.76. The van der Waals surface area contributed by atoms with Gasteiger partial charge in [0.25, 0.3) is 5.79 Å². The number of aromatic nitrogens is 1. The van der Waals surface area contributed by atoms with E-state index in [2.05, 4.69) is 23.2 Å². The van der Waals surface area contributed by atoms with Crippen molar-refractivity contribution in [3.8, 4) is 0 Å². The van der Waals surface area contributed by atoms with Crippen LogP contribution >= 0.6 is 0 Å². The highest BCUT2D eigenvalue weighted by atomic mass is 16.7. The third-order valence-corrected chi connectivity index (χ3v) is 4.51. The van der Waals surface area contributed by atoms with E-state index in [4.69, 9.17) is 9.47 Å². The van der Waals surface area contributed by atoms with Crippen molar-refractivity contribution in [3.63, 3.8) is 0 Å². The van der Waals surface area contributed by atoms with Gasteiger partial charge >= 0.3 is 0 Å². The van der Waals surface area contributed by atoms with Crippen LogP contribution in [-0.2, 0) is 9.47 Å². The van der Waals surface area contributed by atoms with E-state index in [1.165, 1.54) is 11.1 Å². The maximum atomic E-state index is 5.66. The van der Waals surface area contributed by atoms with Crippen molar-refractivity contribution >= 4 is 5.57 Å². The van der Waals surface area contributed by atoms with E-state index in [9.17, 15) is 0 Å². The molecule has 3 aliphatic rings. The lowest BCUT2D eigenvalue weighted by Crippen LogP contribution is -2.26. The van der Waals surface area contributed by atoms with Gasteiger partial charge in [0.1, 0.15) is 12.5 Å². The first-order chi connectivity index (χ1) is 9.24. The quantitative estimate of drug-likeness (QED) is 0.770. The molecule has 1 spiro atoms. The van der Waals surface area contributed by atoms with Crippen molar-refractivity contribution in [2.24, 2.45) is 11.8 Å². The van der Waals surface area contributed by atoms with Gasteiger partial charge in [-0.25, -0.2) is 0 Å². The Hall–Kier alpha value is -1.77. The normalized spacial score (nSPS) is 30.1. The molecule has 19 heavy (non-hydrogen) atoms. The lowest BCUT2D eigenvalue weighted by atomic mass is 9.98. The molecular weight excluding hydrogens is 238 g/mol. The van der Waals surface area contributed by atoms with Crippen molar-refractivity contribution in [3.05, 3.63) is 48.2 Å². The van der Waals surface area contributed by atoms with Gasteiger partial charge in [0.15, 0.2) is 0 Å². The van der Waals surface area contributed by atoms with Crippen LogP contribution in [0.5, 0.6) is 0 Å². The summed E-state index contributed by atoms with van der Waals surface area (Å²) in [5, 5.41) is 0. The van der Waals surface area contributed by atoms with Gasteiger partial charge in [0.2, 0.25) is 0 Å². The Kier molecular flexibility index (Phi) is 2.25. The number of pyridine rings is 1. The van der Waals surface area contributed by atoms with E-state index in [1.54, 1.807) is 12.5 Å². The Bertz CT molecular complexity index is 568. The van der Waals surface area contributed by atoms with Gasteiger partial charge in [0.05, 0.1) is 0 Å². The lowest BCUT2D eigenvalue weighted by molar-refractivity contribution is -0.138. The summed E-state index contributed by atoms with van der Waals surface area (Å²) in [4.78, 5) is 4.27. The fourth-order valence-electron chi connectivity index (χ4n) is 3.67. The summed E-state index contributed by atoms with van der Waals surface area (Å²) in [6.07, 6.45) is 10.8. The highest BCUT2D eigenvalue weighted by Gasteiger charge is 2.51. The van der Waals surface area contributed by atoms with Crippen LogP contribution in [0.4, 0.5) is 0 Å². The van der Waals surface area contributed by atoms with Crippen LogP contribution in [0, 0.1) is 18.8 Å². The second kappa shape index (κ2) is 3.86. The van der Waals surface area contributed by atoms with Crippen molar-refractivity contribution in [2.45, 2.75) is 32.0 Å². The highest BCUT2D eigenvalue weighted by molar-refractivity contribution is 5.68. The molecule has 3 heteroatoms. The van der Waals surface area contributed by atoms with E-state index >= 15 is 0 Å². The Morgan fingerprint density at radius 3 is 2.84 bits per heavy atom. The largest absolute Gasteiger partial charge is 0.457 e. The molecule has 2 heterocycles. The van der Waals surface area contributed by atoms with Crippen molar-refractivity contribution in [2.75, 3.05) is 0 Å². The van der Waals surface area contributed by atoms with Crippen molar-refractivity contribution in [1.29, 1.82) is 0 Å². The highest BCUT2D eigenvalue weighted by Crippen LogP contribution is 2.52. The summed E-state index contributed by atoms with van der Waals surface area (Å²) < 4.78 is 11.3. The number of hydrogen-bond donors (Lipinski definition) is 0. The first kappa shape index (κ1) is 11.1. The molecule has 1 aromatic heterocycles. The third-order valence-electron chi connectivity index (χ3n) is 4.51. The predicted octanol–water partition coefficient (Wildman–Crippen LogP) is 3.42. The monoisotopic (exact) mass is 255 g/mol. The van der Waals surface area contributed by atoms with Crippen molar-refractivity contribution < 1.29 is 9.47 Å². The number of aryl methyl sites for hydroxylation is 1. The first-order valence-electron chi connectivity index (χ1n) is 6.88. The fourth-order valence-corrected chi connectivity index (χ4v) is 3.67. The van der Waals surface area contributed by atoms with Gasteiger partial charge in [-0.15, -0.1) is 0 Å². The van der Waals surface area contributed by atoms with Crippen LogP contribution in [0.3, 0.4) is 0 Å². The summed E-state index contributed by atoms with van der Waals surface area (Å²) in [7, 11) is 0. The number of hydrogen-bond acceptors (Lipinski definition) is 3. The molecule has 1 aliphatic heterocycles. The maximum Gasteiger partial charge on any atom is 0.250 e. The Balaban J connectivity index is 1.57. The molecule has 0 amide bonds. The maximum absolute atomic E-state index is 5.66. The Morgan fingerprint density at radius 1 is 1.26 bits per heavy atom. The van der Waals surface area contributed by atoms with Gasteiger partial charge < -0.3 is 9.47 Å². The molecule has 3 nitrogen and oxygen atoms in total. The molecule has 4 rings (SSSR count). The van der Waals surface area contributed by atoms with E-state index in [1.807, 2.05) is 13.1 Å². The molecule has 0 saturated heterocycles. The molecule has 1 saturated carbocycles. The molecule has 0 N–H and O–H groups in total. The Morgan fingerprint density at radius 2 is 2.11 bits per heavy atom. The minimum Gasteiger partial charge on any atom is -0.457 e.